The predicted molar refractivity (Wildman–Crippen MR) is 78.1 cm³/mol. The van der Waals surface area contributed by atoms with Crippen LogP contribution in [0.3, 0.4) is 0 Å². The van der Waals surface area contributed by atoms with Gasteiger partial charge in [0.05, 0.1) is 11.7 Å². The molecule has 2 rings (SSSR count). The maximum absolute atomic E-state index is 6.51. The van der Waals surface area contributed by atoms with Gasteiger partial charge >= 0.3 is 0 Å². The van der Waals surface area contributed by atoms with E-state index in [1.165, 1.54) is 32.1 Å². The van der Waals surface area contributed by atoms with Crippen molar-refractivity contribution in [3.8, 4) is 0 Å². The Morgan fingerprint density at radius 2 is 1.89 bits per heavy atom. The summed E-state index contributed by atoms with van der Waals surface area (Å²) in [4.78, 5) is 0. The van der Waals surface area contributed by atoms with Crippen molar-refractivity contribution in [1.29, 1.82) is 0 Å². The third-order valence-corrected chi connectivity index (χ3v) is 5.15. The van der Waals surface area contributed by atoms with Crippen LogP contribution < -0.4 is 5.73 Å². The summed E-state index contributed by atoms with van der Waals surface area (Å²) in [6, 6.07) is 0.146. The Balaban J connectivity index is 1.99. The number of ether oxygens (including phenoxy) is 2. The van der Waals surface area contributed by atoms with E-state index in [-0.39, 0.29) is 17.7 Å². The molecule has 3 unspecified atom stereocenters. The van der Waals surface area contributed by atoms with E-state index in [4.69, 9.17) is 15.2 Å². The molecule has 0 radical (unpaired) electrons. The molecule has 0 bridgehead atoms. The maximum atomic E-state index is 6.51. The van der Waals surface area contributed by atoms with E-state index in [1.807, 2.05) is 0 Å². The Morgan fingerprint density at radius 3 is 2.47 bits per heavy atom. The van der Waals surface area contributed by atoms with Crippen molar-refractivity contribution in [3.05, 3.63) is 0 Å². The molecule has 0 aromatic carbocycles. The molecule has 0 amide bonds. The van der Waals surface area contributed by atoms with Crippen LogP contribution in [-0.2, 0) is 9.47 Å². The van der Waals surface area contributed by atoms with E-state index in [0.29, 0.717) is 11.8 Å². The maximum Gasteiger partial charge on any atom is 0.0747 e. The van der Waals surface area contributed by atoms with Crippen LogP contribution in [0.5, 0.6) is 0 Å². The molecular weight excluding hydrogens is 238 g/mol. The van der Waals surface area contributed by atoms with E-state index >= 15 is 0 Å². The molecule has 2 aliphatic rings. The van der Waals surface area contributed by atoms with Gasteiger partial charge in [-0.1, -0.05) is 33.1 Å². The standard InChI is InChI=1S/C16H31NO2/c1-12(2)15(18-3)14(17)13-7-10-19-16(11-13)8-5-4-6-9-16/h12-15H,4-11,17H2,1-3H3. The van der Waals surface area contributed by atoms with E-state index < -0.39 is 0 Å². The van der Waals surface area contributed by atoms with Gasteiger partial charge in [-0.25, -0.2) is 0 Å². The van der Waals surface area contributed by atoms with Gasteiger partial charge in [0.25, 0.3) is 0 Å². The van der Waals surface area contributed by atoms with Gasteiger partial charge in [-0.15, -0.1) is 0 Å². The zero-order chi connectivity index (χ0) is 13.9. The number of rotatable bonds is 4. The van der Waals surface area contributed by atoms with Gasteiger partial charge in [0.15, 0.2) is 0 Å². The minimum atomic E-state index is 0.146. The van der Waals surface area contributed by atoms with Crippen LogP contribution in [0.1, 0.15) is 58.8 Å². The quantitative estimate of drug-likeness (QED) is 0.853. The largest absolute Gasteiger partial charge is 0.380 e. The van der Waals surface area contributed by atoms with Crippen molar-refractivity contribution >= 4 is 0 Å². The first-order chi connectivity index (χ1) is 9.08. The highest BCUT2D eigenvalue weighted by Gasteiger charge is 2.41. The smallest absolute Gasteiger partial charge is 0.0747 e. The highest BCUT2D eigenvalue weighted by molar-refractivity contribution is 4.94. The Hall–Kier alpha value is -0.120. The highest BCUT2D eigenvalue weighted by Crippen LogP contribution is 2.42. The van der Waals surface area contributed by atoms with Gasteiger partial charge < -0.3 is 15.2 Å². The fourth-order valence-electron chi connectivity index (χ4n) is 4.08. The molecule has 1 aliphatic heterocycles. The fourth-order valence-corrected chi connectivity index (χ4v) is 4.08. The normalized spacial score (nSPS) is 30.5. The van der Waals surface area contributed by atoms with E-state index in [9.17, 15) is 0 Å². The zero-order valence-electron chi connectivity index (χ0n) is 12.9. The lowest BCUT2D eigenvalue weighted by molar-refractivity contribution is -0.127. The fraction of sp³-hybridized carbons (Fsp3) is 1.00. The van der Waals surface area contributed by atoms with Crippen LogP contribution in [0.2, 0.25) is 0 Å². The summed E-state index contributed by atoms with van der Waals surface area (Å²) >= 11 is 0. The third-order valence-electron chi connectivity index (χ3n) is 5.15. The molecule has 1 aliphatic carbocycles. The number of hydrogen-bond donors (Lipinski definition) is 1. The second kappa shape index (κ2) is 6.55. The van der Waals surface area contributed by atoms with E-state index in [1.54, 1.807) is 7.11 Å². The summed E-state index contributed by atoms with van der Waals surface area (Å²) in [5.74, 6) is 1.03. The summed E-state index contributed by atoms with van der Waals surface area (Å²) in [5, 5.41) is 0. The molecule has 3 atom stereocenters. The summed E-state index contributed by atoms with van der Waals surface area (Å²) in [7, 11) is 1.79. The van der Waals surface area contributed by atoms with Crippen LogP contribution in [0.15, 0.2) is 0 Å². The lowest BCUT2D eigenvalue weighted by atomic mass is 9.72. The molecule has 1 heterocycles. The zero-order valence-corrected chi connectivity index (χ0v) is 12.9. The van der Waals surface area contributed by atoms with Crippen molar-refractivity contribution in [2.75, 3.05) is 13.7 Å². The van der Waals surface area contributed by atoms with Crippen LogP contribution >= 0.6 is 0 Å². The molecule has 2 fully saturated rings. The van der Waals surface area contributed by atoms with Gasteiger partial charge in [0.1, 0.15) is 0 Å². The Labute approximate surface area is 118 Å². The first-order valence-corrected chi connectivity index (χ1v) is 8.00. The van der Waals surface area contributed by atoms with E-state index in [2.05, 4.69) is 13.8 Å². The third kappa shape index (κ3) is 3.50. The average molecular weight is 269 g/mol. The van der Waals surface area contributed by atoms with Crippen molar-refractivity contribution in [1.82, 2.24) is 0 Å². The Morgan fingerprint density at radius 1 is 1.21 bits per heavy atom. The SMILES string of the molecule is COC(C(C)C)C(N)C1CCOC2(CCCCC2)C1. The minimum Gasteiger partial charge on any atom is -0.380 e. The first-order valence-electron chi connectivity index (χ1n) is 8.00. The van der Waals surface area contributed by atoms with Gasteiger partial charge in [0.2, 0.25) is 0 Å². The van der Waals surface area contributed by atoms with Crippen LogP contribution in [0, 0.1) is 11.8 Å². The Kier molecular flexibility index (Phi) is 5.27. The molecule has 0 aromatic heterocycles. The monoisotopic (exact) mass is 269 g/mol. The van der Waals surface area contributed by atoms with Gasteiger partial charge in [-0.3, -0.25) is 0 Å². The number of hydrogen-bond acceptors (Lipinski definition) is 3. The number of nitrogens with two attached hydrogens (primary N) is 1. The highest BCUT2D eigenvalue weighted by atomic mass is 16.5. The molecule has 0 aromatic rings. The molecule has 1 spiro atoms. The lowest BCUT2D eigenvalue weighted by Gasteiger charge is -2.46. The van der Waals surface area contributed by atoms with Gasteiger partial charge in [-0.2, -0.15) is 0 Å². The lowest BCUT2D eigenvalue weighted by Crippen LogP contribution is -2.51. The molecule has 112 valence electrons. The predicted octanol–water partition coefficient (Wildman–Crippen LogP) is 3.11. The molecule has 19 heavy (non-hydrogen) atoms. The summed E-state index contributed by atoms with van der Waals surface area (Å²) in [5.41, 5.74) is 6.66. The average Bonchev–Trinajstić information content (AvgIpc) is 2.40. The number of methoxy groups -OCH3 is 1. The summed E-state index contributed by atoms with van der Waals surface area (Å²) in [6.07, 6.45) is 8.87. The molecule has 3 heteroatoms. The van der Waals surface area contributed by atoms with Crippen molar-refractivity contribution < 1.29 is 9.47 Å². The Bertz CT molecular complexity index is 268. The van der Waals surface area contributed by atoms with Gasteiger partial charge in [0, 0.05) is 19.8 Å². The first kappa shape index (κ1) is 15.3. The van der Waals surface area contributed by atoms with Crippen LogP contribution in [0.25, 0.3) is 0 Å². The van der Waals surface area contributed by atoms with Gasteiger partial charge in [-0.05, 0) is 37.5 Å². The second-order valence-electron chi connectivity index (χ2n) is 6.87. The molecule has 1 saturated heterocycles. The molecule has 2 N–H and O–H groups in total. The van der Waals surface area contributed by atoms with Crippen molar-refractivity contribution in [2.24, 2.45) is 17.6 Å². The summed E-state index contributed by atoms with van der Waals surface area (Å²) in [6.45, 7) is 5.28. The second-order valence-corrected chi connectivity index (χ2v) is 6.87. The van der Waals surface area contributed by atoms with Crippen molar-refractivity contribution in [2.45, 2.75) is 76.5 Å². The molecular formula is C16H31NO2. The van der Waals surface area contributed by atoms with Crippen LogP contribution in [-0.4, -0.2) is 31.5 Å². The van der Waals surface area contributed by atoms with E-state index in [0.717, 1.165) is 19.4 Å². The topological polar surface area (TPSA) is 44.5 Å². The van der Waals surface area contributed by atoms with Crippen LogP contribution in [0.4, 0.5) is 0 Å². The minimum absolute atomic E-state index is 0.146. The van der Waals surface area contributed by atoms with Crippen molar-refractivity contribution in [3.63, 3.8) is 0 Å². The molecule has 1 saturated carbocycles. The summed E-state index contributed by atoms with van der Waals surface area (Å²) < 4.78 is 11.8. The molecule has 3 nitrogen and oxygen atoms in total.